The molecule has 1 aromatic carbocycles. The number of carbonyl (C=O) groups is 1. The molecule has 9 heteroatoms. The van der Waals surface area contributed by atoms with Gasteiger partial charge < -0.3 is 9.47 Å². The Morgan fingerprint density at radius 1 is 1.25 bits per heavy atom. The molecule has 0 radical (unpaired) electrons. The van der Waals surface area contributed by atoms with Gasteiger partial charge in [0.2, 0.25) is 0 Å². The fraction of sp³-hybridized carbons (Fsp3) is 0.263. The fourth-order valence-electron chi connectivity index (χ4n) is 2.74. The van der Waals surface area contributed by atoms with Crippen LogP contribution in [0.3, 0.4) is 0 Å². The second-order valence-corrected chi connectivity index (χ2v) is 5.89. The Kier molecular flexibility index (Phi) is 5.53. The van der Waals surface area contributed by atoms with Gasteiger partial charge in [0, 0.05) is 11.8 Å². The number of carbonyl (C=O) groups excluding carboxylic acids is 1. The number of hydrogen-bond acceptors (Lipinski definition) is 4. The van der Waals surface area contributed by atoms with Crippen LogP contribution in [0.5, 0.6) is 5.75 Å². The van der Waals surface area contributed by atoms with E-state index in [0.717, 1.165) is 28.8 Å². The minimum absolute atomic E-state index is 0.0266. The van der Waals surface area contributed by atoms with Crippen LogP contribution in [0.2, 0.25) is 0 Å². The SMILES string of the molecule is CCOC(=O)c1c(C)nc2c(OCc3c(F)cccc3F)cc(C(F)F)cn12. The number of halogens is 4. The van der Waals surface area contributed by atoms with Crippen molar-refractivity contribution in [1.82, 2.24) is 9.38 Å². The molecule has 2 aromatic heterocycles. The van der Waals surface area contributed by atoms with E-state index in [1.807, 2.05) is 0 Å². The maximum Gasteiger partial charge on any atom is 0.357 e. The summed E-state index contributed by atoms with van der Waals surface area (Å²) < 4.78 is 65.8. The van der Waals surface area contributed by atoms with E-state index in [4.69, 9.17) is 9.47 Å². The Balaban J connectivity index is 2.08. The molecule has 0 spiro atoms. The zero-order chi connectivity index (χ0) is 20.4. The van der Waals surface area contributed by atoms with E-state index in [1.165, 1.54) is 13.0 Å². The Hall–Kier alpha value is -3.10. The van der Waals surface area contributed by atoms with Crippen molar-refractivity contribution in [2.45, 2.75) is 26.9 Å². The summed E-state index contributed by atoms with van der Waals surface area (Å²) in [6.45, 7) is 2.68. The number of rotatable bonds is 6. The van der Waals surface area contributed by atoms with Gasteiger partial charge in [-0.15, -0.1) is 0 Å². The Labute approximate surface area is 157 Å². The van der Waals surface area contributed by atoms with Gasteiger partial charge in [-0.3, -0.25) is 4.40 Å². The average Bonchev–Trinajstić information content (AvgIpc) is 2.97. The second kappa shape index (κ2) is 7.87. The van der Waals surface area contributed by atoms with E-state index < -0.39 is 36.2 Å². The summed E-state index contributed by atoms with van der Waals surface area (Å²) in [7, 11) is 0. The van der Waals surface area contributed by atoms with Crippen LogP contribution in [0.1, 0.15) is 40.7 Å². The molecule has 0 aliphatic rings. The number of ether oxygens (including phenoxy) is 2. The molecule has 5 nitrogen and oxygen atoms in total. The first-order valence-electron chi connectivity index (χ1n) is 8.37. The van der Waals surface area contributed by atoms with Crippen LogP contribution in [-0.4, -0.2) is 22.0 Å². The van der Waals surface area contributed by atoms with Crippen molar-refractivity contribution >= 4 is 11.6 Å². The normalized spacial score (nSPS) is 11.2. The van der Waals surface area contributed by atoms with Crippen LogP contribution in [-0.2, 0) is 11.3 Å². The number of imidazole rings is 1. The smallest absolute Gasteiger partial charge is 0.357 e. The fourth-order valence-corrected chi connectivity index (χ4v) is 2.74. The van der Waals surface area contributed by atoms with Crippen LogP contribution >= 0.6 is 0 Å². The third kappa shape index (κ3) is 3.64. The van der Waals surface area contributed by atoms with Gasteiger partial charge in [-0.1, -0.05) is 6.07 Å². The molecule has 148 valence electrons. The molecule has 2 heterocycles. The van der Waals surface area contributed by atoms with E-state index in [9.17, 15) is 22.4 Å². The monoisotopic (exact) mass is 396 g/mol. The van der Waals surface area contributed by atoms with E-state index in [1.54, 1.807) is 6.92 Å². The van der Waals surface area contributed by atoms with Crippen LogP contribution in [0, 0.1) is 18.6 Å². The van der Waals surface area contributed by atoms with Crippen molar-refractivity contribution in [1.29, 1.82) is 0 Å². The molecule has 0 bridgehead atoms. The van der Waals surface area contributed by atoms with E-state index >= 15 is 0 Å². The molecule has 0 saturated carbocycles. The van der Waals surface area contributed by atoms with Gasteiger partial charge in [-0.2, -0.15) is 0 Å². The molecule has 0 aliphatic carbocycles. The van der Waals surface area contributed by atoms with Gasteiger partial charge in [0.15, 0.2) is 17.1 Å². The Bertz CT molecular complexity index is 1010. The number of alkyl halides is 2. The summed E-state index contributed by atoms with van der Waals surface area (Å²) in [6, 6.07) is 4.35. The van der Waals surface area contributed by atoms with Crippen LogP contribution < -0.4 is 4.74 Å². The van der Waals surface area contributed by atoms with Crippen LogP contribution in [0.4, 0.5) is 17.6 Å². The van der Waals surface area contributed by atoms with Crippen LogP contribution in [0.15, 0.2) is 30.5 Å². The maximum absolute atomic E-state index is 13.8. The summed E-state index contributed by atoms with van der Waals surface area (Å²) >= 11 is 0. The topological polar surface area (TPSA) is 52.8 Å². The summed E-state index contributed by atoms with van der Waals surface area (Å²) in [5, 5.41) is 0. The van der Waals surface area contributed by atoms with Crippen molar-refractivity contribution in [3.8, 4) is 5.75 Å². The summed E-state index contributed by atoms with van der Waals surface area (Å²) in [5.74, 6) is -2.52. The number of fused-ring (bicyclic) bond motifs is 1. The summed E-state index contributed by atoms with van der Waals surface area (Å²) in [4.78, 5) is 16.4. The van der Waals surface area contributed by atoms with Crippen molar-refractivity contribution in [3.05, 3.63) is 64.6 Å². The molecular formula is C19H16F4N2O3. The largest absolute Gasteiger partial charge is 0.485 e. The summed E-state index contributed by atoms with van der Waals surface area (Å²) in [5.41, 5.74) is -0.522. The van der Waals surface area contributed by atoms with Crippen LogP contribution in [0.25, 0.3) is 5.65 Å². The lowest BCUT2D eigenvalue weighted by atomic mass is 10.2. The predicted molar refractivity (Wildman–Crippen MR) is 91.5 cm³/mol. The highest BCUT2D eigenvalue weighted by Crippen LogP contribution is 2.30. The Morgan fingerprint density at radius 3 is 2.54 bits per heavy atom. The molecular weight excluding hydrogens is 380 g/mol. The number of aryl methyl sites for hydroxylation is 1. The standard InChI is InChI=1S/C19H16F4N2O3/c1-3-27-19(26)16-10(2)24-18-15(7-11(17(22)23)8-25(16)18)28-9-12-13(20)5-4-6-14(12)21/h4-8,17H,3,9H2,1-2H3. The van der Waals surface area contributed by atoms with Gasteiger partial charge in [-0.05, 0) is 32.0 Å². The van der Waals surface area contributed by atoms with E-state index in [-0.39, 0.29) is 35.0 Å². The Morgan fingerprint density at radius 2 is 1.93 bits per heavy atom. The number of pyridine rings is 1. The molecule has 3 rings (SSSR count). The maximum atomic E-state index is 13.8. The first-order valence-corrected chi connectivity index (χ1v) is 8.37. The molecule has 28 heavy (non-hydrogen) atoms. The van der Waals surface area contributed by atoms with Gasteiger partial charge in [0.05, 0.1) is 17.9 Å². The molecule has 0 saturated heterocycles. The minimum Gasteiger partial charge on any atom is -0.485 e. The third-order valence-electron chi connectivity index (χ3n) is 4.04. The molecule has 3 aromatic rings. The zero-order valence-electron chi connectivity index (χ0n) is 15.0. The quantitative estimate of drug-likeness (QED) is 0.451. The van der Waals surface area contributed by atoms with E-state index in [0.29, 0.717) is 0 Å². The highest BCUT2D eigenvalue weighted by atomic mass is 19.3. The van der Waals surface area contributed by atoms with Gasteiger partial charge in [0.25, 0.3) is 6.43 Å². The first kappa shape index (κ1) is 19.7. The molecule has 0 aliphatic heterocycles. The number of aromatic nitrogens is 2. The molecule has 0 unspecified atom stereocenters. The predicted octanol–water partition coefficient (Wildman–Crippen LogP) is 4.61. The zero-order valence-corrected chi connectivity index (χ0v) is 15.0. The number of hydrogen-bond donors (Lipinski definition) is 0. The third-order valence-corrected chi connectivity index (χ3v) is 4.04. The van der Waals surface area contributed by atoms with Gasteiger partial charge in [-0.25, -0.2) is 27.3 Å². The van der Waals surface area contributed by atoms with Gasteiger partial charge in [0.1, 0.15) is 18.2 Å². The molecule has 0 fully saturated rings. The molecule has 0 atom stereocenters. The van der Waals surface area contributed by atoms with Crippen molar-refractivity contribution in [3.63, 3.8) is 0 Å². The lowest BCUT2D eigenvalue weighted by Crippen LogP contribution is -2.10. The van der Waals surface area contributed by atoms with Crippen molar-refractivity contribution < 1.29 is 31.8 Å². The number of esters is 1. The van der Waals surface area contributed by atoms with Crippen molar-refractivity contribution in [2.75, 3.05) is 6.61 Å². The molecule has 0 N–H and O–H groups in total. The lowest BCUT2D eigenvalue weighted by Gasteiger charge is -2.12. The van der Waals surface area contributed by atoms with Gasteiger partial charge >= 0.3 is 5.97 Å². The highest BCUT2D eigenvalue weighted by molar-refractivity contribution is 5.90. The second-order valence-electron chi connectivity index (χ2n) is 5.89. The lowest BCUT2D eigenvalue weighted by molar-refractivity contribution is 0.0517. The summed E-state index contributed by atoms with van der Waals surface area (Å²) in [6.07, 6.45) is -1.81. The highest BCUT2D eigenvalue weighted by Gasteiger charge is 2.23. The minimum atomic E-state index is -2.87. The van der Waals surface area contributed by atoms with Crippen molar-refractivity contribution in [2.24, 2.45) is 0 Å². The number of nitrogens with zero attached hydrogens (tertiary/aromatic N) is 2. The van der Waals surface area contributed by atoms with E-state index in [2.05, 4.69) is 4.98 Å². The first-order chi connectivity index (χ1) is 13.3. The average molecular weight is 396 g/mol. The molecule has 0 amide bonds. The number of benzene rings is 1.